The average Bonchev–Trinajstić information content (AvgIpc) is 3.02. The van der Waals surface area contributed by atoms with E-state index in [9.17, 15) is 14.7 Å². The van der Waals surface area contributed by atoms with Crippen molar-refractivity contribution >= 4 is 23.4 Å². The molecule has 1 aromatic rings. The average molecular weight is 419 g/mol. The quantitative estimate of drug-likeness (QED) is 0.750. The number of hydrogen-bond donors (Lipinski definition) is 1. The summed E-state index contributed by atoms with van der Waals surface area (Å²) < 4.78 is 3.03. The fraction of sp³-hybridized carbons (Fsp3) is 0.783. The van der Waals surface area contributed by atoms with E-state index in [2.05, 4.69) is 37.8 Å². The molecule has 0 spiro atoms. The number of rotatable bonds is 5. The highest BCUT2D eigenvalue weighted by Gasteiger charge is 2.63. The van der Waals surface area contributed by atoms with Gasteiger partial charge in [0.1, 0.15) is 4.67 Å². The van der Waals surface area contributed by atoms with Gasteiger partial charge in [-0.25, -0.2) is 4.99 Å². The van der Waals surface area contributed by atoms with Gasteiger partial charge in [-0.05, 0) is 95.5 Å². The van der Waals surface area contributed by atoms with E-state index in [1.54, 1.807) is 11.5 Å². The summed E-state index contributed by atoms with van der Waals surface area (Å²) in [6, 6.07) is 0. The summed E-state index contributed by atoms with van der Waals surface area (Å²) in [5.41, 5.74) is -0.142. The number of aryl methyl sites for hydroxylation is 1. The Morgan fingerprint density at radius 2 is 1.83 bits per heavy atom. The van der Waals surface area contributed by atoms with Crippen molar-refractivity contribution < 1.29 is 14.7 Å². The number of carbonyl (C=O) groups excluding carboxylic acids is 1. The molecule has 0 aliphatic heterocycles. The Balaban J connectivity index is 1.71. The van der Waals surface area contributed by atoms with Gasteiger partial charge >= 0.3 is 5.97 Å². The Labute approximate surface area is 177 Å². The number of carboxylic acid groups (broad SMARTS) is 1. The number of carboxylic acids is 1. The molecule has 1 aromatic heterocycles. The van der Waals surface area contributed by atoms with Crippen LogP contribution in [0.15, 0.2) is 11.2 Å². The molecular formula is C23H34N2O3S. The van der Waals surface area contributed by atoms with E-state index in [4.69, 9.17) is 4.99 Å². The van der Waals surface area contributed by atoms with E-state index in [1.165, 1.54) is 0 Å². The second kappa shape index (κ2) is 7.07. The van der Waals surface area contributed by atoms with Crippen molar-refractivity contribution in [3.05, 3.63) is 16.4 Å². The van der Waals surface area contributed by atoms with Crippen LogP contribution in [-0.2, 0) is 21.5 Å². The molecule has 1 heterocycles. The van der Waals surface area contributed by atoms with E-state index in [0.29, 0.717) is 18.3 Å². The van der Waals surface area contributed by atoms with Crippen molar-refractivity contribution in [2.75, 3.05) is 0 Å². The minimum absolute atomic E-state index is 0.0451. The van der Waals surface area contributed by atoms with Crippen LogP contribution in [0.4, 0.5) is 0 Å². The van der Waals surface area contributed by atoms with Crippen molar-refractivity contribution in [3.8, 4) is 0 Å². The highest BCUT2D eigenvalue weighted by molar-refractivity contribution is 7.04. The summed E-state index contributed by atoms with van der Waals surface area (Å²) in [4.78, 5) is 30.4. The summed E-state index contributed by atoms with van der Waals surface area (Å²) in [5, 5.41) is 9.96. The first-order valence-corrected chi connectivity index (χ1v) is 11.9. The summed E-state index contributed by atoms with van der Waals surface area (Å²) in [6.45, 7) is 8.66. The lowest BCUT2D eigenvalue weighted by molar-refractivity contribution is -0.177. The zero-order chi connectivity index (χ0) is 21.0. The number of hydrogen-bond acceptors (Lipinski definition) is 3. The number of aliphatic carboxylic acids is 1. The molecule has 5 rings (SSSR count). The highest BCUT2D eigenvalue weighted by Crippen LogP contribution is 2.65. The number of aromatic nitrogens is 1. The van der Waals surface area contributed by atoms with Gasteiger partial charge in [-0.1, -0.05) is 13.3 Å². The molecule has 4 aliphatic carbocycles. The third-order valence-corrected chi connectivity index (χ3v) is 8.74. The largest absolute Gasteiger partial charge is 0.481 e. The number of amides is 1. The van der Waals surface area contributed by atoms with Crippen molar-refractivity contribution in [2.24, 2.45) is 27.7 Å². The highest BCUT2D eigenvalue weighted by atomic mass is 32.1. The molecule has 2 unspecified atom stereocenters. The molecule has 4 aliphatic rings. The monoisotopic (exact) mass is 418 g/mol. The third-order valence-electron chi connectivity index (χ3n) is 7.36. The minimum atomic E-state index is -0.700. The molecule has 1 N–H and O–H groups in total. The molecule has 4 bridgehead atoms. The molecule has 0 radical (unpaired) electrons. The number of unbranched alkanes of at least 4 members (excludes halogenated alkanes) is 1. The first-order valence-electron chi connectivity index (χ1n) is 11.1. The smallest absolute Gasteiger partial charge is 0.309 e. The second-order valence-electron chi connectivity index (χ2n) is 10.9. The Hall–Kier alpha value is -1.43. The summed E-state index contributed by atoms with van der Waals surface area (Å²) in [6.07, 6.45) is 10.0. The predicted molar refractivity (Wildman–Crippen MR) is 114 cm³/mol. The molecule has 0 aromatic carbocycles. The molecule has 1 amide bonds. The van der Waals surface area contributed by atoms with Crippen LogP contribution in [0.5, 0.6) is 0 Å². The van der Waals surface area contributed by atoms with Crippen LogP contribution < -0.4 is 4.67 Å². The lowest BCUT2D eigenvalue weighted by Crippen LogP contribution is -2.57. The Kier molecular flexibility index (Phi) is 5.08. The Bertz CT molecular complexity index is 875. The number of carbonyl (C=O) groups is 2. The maximum absolute atomic E-state index is 13.6. The number of nitrogens with zero attached hydrogens (tertiary/aromatic N) is 2. The van der Waals surface area contributed by atoms with Gasteiger partial charge in [-0.15, -0.1) is 0 Å². The summed E-state index contributed by atoms with van der Waals surface area (Å²) in [5.74, 6) is -0.0187. The first kappa shape index (κ1) is 20.8. The molecule has 160 valence electrons. The van der Waals surface area contributed by atoms with Gasteiger partial charge in [-0.2, -0.15) is 0 Å². The summed E-state index contributed by atoms with van der Waals surface area (Å²) >= 11 is 1.57. The normalized spacial score (nSPS) is 34.0. The zero-order valence-corrected chi connectivity index (χ0v) is 19.0. The van der Waals surface area contributed by atoms with Crippen molar-refractivity contribution in [3.63, 3.8) is 0 Å². The fourth-order valence-electron chi connectivity index (χ4n) is 6.31. The molecule has 4 saturated carbocycles. The maximum atomic E-state index is 13.6. The van der Waals surface area contributed by atoms with Gasteiger partial charge in [0.25, 0.3) is 5.91 Å². The van der Waals surface area contributed by atoms with E-state index in [-0.39, 0.29) is 11.4 Å². The van der Waals surface area contributed by atoms with Gasteiger partial charge in [0.15, 0.2) is 0 Å². The van der Waals surface area contributed by atoms with Crippen LogP contribution in [0.25, 0.3) is 0 Å². The molecule has 0 saturated heterocycles. The van der Waals surface area contributed by atoms with E-state index in [1.807, 2.05) is 0 Å². The lowest BCUT2D eigenvalue weighted by atomic mass is 9.44. The van der Waals surface area contributed by atoms with Crippen LogP contribution >= 0.6 is 11.5 Å². The molecular weight excluding hydrogens is 384 g/mol. The van der Waals surface area contributed by atoms with Gasteiger partial charge in [0, 0.05) is 17.3 Å². The minimum Gasteiger partial charge on any atom is -0.481 e. The van der Waals surface area contributed by atoms with E-state index >= 15 is 0 Å². The van der Waals surface area contributed by atoms with Crippen molar-refractivity contribution in [1.82, 2.24) is 3.96 Å². The lowest BCUT2D eigenvalue weighted by Gasteiger charge is -2.59. The van der Waals surface area contributed by atoms with Gasteiger partial charge in [0.05, 0.1) is 10.8 Å². The van der Waals surface area contributed by atoms with E-state index < -0.39 is 16.8 Å². The summed E-state index contributed by atoms with van der Waals surface area (Å²) in [7, 11) is 0. The van der Waals surface area contributed by atoms with Crippen molar-refractivity contribution in [1.29, 1.82) is 0 Å². The standard InChI is InChI=1S/C23H34N2O3S/c1-5-6-7-17-13-25(21(2,3)4)29-18(17)24-19(26)22-9-15-8-16(10-22)12-23(11-15,14-22)20(27)28/h13,15-16H,5-12,14H2,1-4H3,(H,27,28). The van der Waals surface area contributed by atoms with E-state index in [0.717, 1.165) is 61.6 Å². The molecule has 4 fully saturated rings. The maximum Gasteiger partial charge on any atom is 0.309 e. The van der Waals surface area contributed by atoms with Gasteiger partial charge in [0.2, 0.25) is 0 Å². The molecule has 5 nitrogen and oxygen atoms in total. The van der Waals surface area contributed by atoms with Crippen molar-refractivity contribution in [2.45, 2.75) is 91.0 Å². The predicted octanol–water partition coefficient (Wildman–Crippen LogP) is 4.75. The van der Waals surface area contributed by atoms with Crippen LogP contribution in [0.1, 0.15) is 84.6 Å². The topological polar surface area (TPSA) is 71.7 Å². The molecule has 2 atom stereocenters. The fourth-order valence-corrected chi connectivity index (χ4v) is 7.35. The van der Waals surface area contributed by atoms with Gasteiger partial charge < -0.3 is 5.11 Å². The van der Waals surface area contributed by atoms with Gasteiger partial charge in [-0.3, -0.25) is 13.5 Å². The van der Waals surface area contributed by atoms with Crippen LogP contribution in [0.2, 0.25) is 0 Å². The first-order chi connectivity index (χ1) is 13.6. The van der Waals surface area contributed by atoms with Crippen LogP contribution in [-0.4, -0.2) is 20.9 Å². The molecule has 6 heteroatoms. The zero-order valence-electron chi connectivity index (χ0n) is 18.2. The molecule has 29 heavy (non-hydrogen) atoms. The third kappa shape index (κ3) is 3.62. The Morgan fingerprint density at radius 3 is 2.38 bits per heavy atom. The second-order valence-corrected chi connectivity index (χ2v) is 11.9. The SMILES string of the molecule is CCCCc1cn(C(C)(C)C)sc1=NC(=O)C12CC3CC(CC(C(=O)O)(C3)C1)C2. The van der Waals surface area contributed by atoms with Crippen LogP contribution in [0, 0.1) is 22.7 Å². The van der Waals surface area contributed by atoms with Crippen LogP contribution in [0.3, 0.4) is 0 Å². The Morgan fingerprint density at radius 1 is 1.21 bits per heavy atom.